The zero-order chi connectivity index (χ0) is 21.4. The summed E-state index contributed by atoms with van der Waals surface area (Å²) in [6.07, 6.45) is -4.93. The van der Waals surface area contributed by atoms with Crippen molar-refractivity contribution in [3.8, 4) is 5.69 Å². The maximum atomic E-state index is 13.6. The third kappa shape index (κ3) is 4.41. The number of carbonyl (C=O) groups excluding carboxylic acids is 1. The van der Waals surface area contributed by atoms with Crippen LogP contribution in [-0.4, -0.2) is 31.0 Å². The van der Waals surface area contributed by atoms with Gasteiger partial charge < -0.3 is 9.84 Å². The fourth-order valence-electron chi connectivity index (χ4n) is 2.33. The lowest BCUT2D eigenvalue weighted by Crippen LogP contribution is -2.27. The van der Waals surface area contributed by atoms with Crippen molar-refractivity contribution in [2.45, 2.75) is 38.9 Å². The van der Waals surface area contributed by atoms with Crippen molar-refractivity contribution in [1.82, 2.24) is 30.5 Å². The van der Waals surface area contributed by atoms with Crippen molar-refractivity contribution in [3.05, 3.63) is 53.2 Å². The summed E-state index contributed by atoms with van der Waals surface area (Å²) in [5.41, 5.74) is -2.83. The van der Waals surface area contributed by atoms with E-state index in [1.54, 1.807) is 0 Å². The Morgan fingerprint density at radius 1 is 1.17 bits per heavy atom. The van der Waals surface area contributed by atoms with Crippen molar-refractivity contribution in [3.63, 3.8) is 0 Å². The Balaban J connectivity index is 1.85. The van der Waals surface area contributed by atoms with Crippen LogP contribution in [0.25, 0.3) is 5.69 Å². The molecule has 0 saturated carbocycles. The summed E-state index contributed by atoms with van der Waals surface area (Å²) in [5, 5.41) is 12.7. The molecule has 0 aliphatic rings. The second kappa shape index (κ2) is 7.26. The van der Waals surface area contributed by atoms with E-state index in [1.165, 1.54) is 0 Å². The van der Waals surface area contributed by atoms with Gasteiger partial charge in [0.2, 0.25) is 5.89 Å². The van der Waals surface area contributed by atoms with Crippen LogP contribution in [0.4, 0.5) is 17.6 Å². The molecule has 29 heavy (non-hydrogen) atoms. The molecule has 0 bridgehead atoms. The van der Waals surface area contributed by atoms with Crippen molar-refractivity contribution < 1.29 is 26.9 Å². The van der Waals surface area contributed by atoms with Gasteiger partial charge in [-0.15, -0.1) is 5.10 Å². The Morgan fingerprint density at radius 2 is 1.83 bits per heavy atom. The Bertz CT molecular complexity index is 1020. The zero-order valence-corrected chi connectivity index (χ0v) is 15.6. The van der Waals surface area contributed by atoms with E-state index in [9.17, 15) is 22.4 Å². The van der Waals surface area contributed by atoms with Crippen LogP contribution in [0, 0.1) is 5.82 Å². The van der Waals surface area contributed by atoms with Gasteiger partial charge in [-0.1, -0.05) is 31.1 Å². The number of nitrogens with zero attached hydrogens (tertiary/aromatic N) is 5. The van der Waals surface area contributed by atoms with Gasteiger partial charge in [-0.3, -0.25) is 4.79 Å². The third-order valence-corrected chi connectivity index (χ3v) is 3.74. The van der Waals surface area contributed by atoms with Crippen molar-refractivity contribution >= 4 is 5.91 Å². The van der Waals surface area contributed by atoms with Gasteiger partial charge in [-0.2, -0.15) is 18.2 Å². The molecule has 3 rings (SSSR count). The van der Waals surface area contributed by atoms with E-state index in [4.69, 9.17) is 4.52 Å². The molecular formula is C17H16F4N6O2. The first kappa shape index (κ1) is 20.4. The molecule has 0 aliphatic heterocycles. The molecule has 0 spiro atoms. The second-order valence-electron chi connectivity index (χ2n) is 7.12. The summed E-state index contributed by atoms with van der Waals surface area (Å²) in [5.74, 6) is -1.33. The molecule has 1 aromatic carbocycles. The molecule has 0 saturated heterocycles. The smallest absolute Gasteiger partial charge is 0.343 e. The fourth-order valence-corrected chi connectivity index (χ4v) is 2.33. The minimum atomic E-state index is -4.93. The van der Waals surface area contributed by atoms with Crippen molar-refractivity contribution in [2.75, 3.05) is 0 Å². The van der Waals surface area contributed by atoms with E-state index in [1.807, 2.05) is 20.8 Å². The summed E-state index contributed by atoms with van der Waals surface area (Å²) in [7, 11) is 0. The van der Waals surface area contributed by atoms with E-state index in [0.29, 0.717) is 10.6 Å². The maximum absolute atomic E-state index is 13.6. The lowest BCUT2D eigenvalue weighted by atomic mass is 9.97. The van der Waals surface area contributed by atoms with Gasteiger partial charge >= 0.3 is 6.18 Å². The van der Waals surface area contributed by atoms with Crippen molar-refractivity contribution in [1.29, 1.82) is 0 Å². The lowest BCUT2D eigenvalue weighted by Gasteiger charge is -2.11. The predicted molar refractivity (Wildman–Crippen MR) is 90.5 cm³/mol. The van der Waals surface area contributed by atoms with Crippen molar-refractivity contribution in [2.24, 2.45) is 0 Å². The summed E-state index contributed by atoms with van der Waals surface area (Å²) in [4.78, 5) is 16.4. The standard InChI is InChI=1S/C17H16F4N6O2/c1-16(2,3)15-23-11(25-29-15)8-22-14(28)12-13(17(19,20)21)27(26-24-12)10-6-4-9(18)5-7-10/h4-7H,8H2,1-3H3,(H,22,28). The molecular weight excluding hydrogens is 396 g/mol. The van der Waals surface area contributed by atoms with Gasteiger partial charge in [0, 0.05) is 5.41 Å². The van der Waals surface area contributed by atoms with Gasteiger partial charge in [0.05, 0.1) is 12.2 Å². The summed E-state index contributed by atoms with van der Waals surface area (Å²) in [6.45, 7) is 5.25. The second-order valence-corrected chi connectivity index (χ2v) is 7.12. The molecule has 2 heterocycles. The van der Waals surface area contributed by atoms with Gasteiger partial charge in [0.25, 0.3) is 5.91 Å². The highest BCUT2D eigenvalue weighted by Crippen LogP contribution is 2.32. The Labute approximate surface area is 161 Å². The zero-order valence-electron chi connectivity index (χ0n) is 15.6. The fraction of sp³-hybridized carbons (Fsp3) is 0.353. The Morgan fingerprint density at radius 3 is 2.38 bits per heavy atom. The molecule has 12 heteroatoms. The summed E-state index contributed by atoms with van der Waals surface area (Å²) in [6, 6.07) is 4.13. The van der Waals surface area contributed by atoms with Gasteiger partial charge in [0.15, 0.2) is 17.2 Å². The molecule has 0 aliphatic carbocycles. The molecule has 1 N–H and O–H groups in total. The van der Waals surface area contributed by atoms with Crippen LogP contribution >= 0.6 is 0 Å². The third-order valence-electron chi connectivity index (χ3n) is 3.74. The Kier molecular flexibility index (Phi) is 5.11. The number of benzene rings is 1. The molecule has 0 atom stereocenters. The van der Waals surface area contributed by atoms with Crippen LogP contribution < -0.4 is 5.32 Å². The largest absolute Gasteiger partial charge is 0.435 e. The molecule has 1 amide bonds. The molecule has 2 aromatic heterocycles. The molecule has 154 valence electrons. The van der Waals surface area contributed by atoms with E-state index in [0.717, 1.165) is 24.3 Å². The van der Waals surface area contributed by atoms with E-state index >= 15 is 0 Å². The molecule has 0 unspecified atom stereocenters. The van der Waals surface area contributed by atoms with Gasteiger partial charge in [0.1, 0.15) is 5.82 Å². The first-order valence-electron chi connectivity index (χ1n) is 8.37. The quantitative estimate of drug-likeness (QED) is 0.662. The van der Waals surface area contributed by atoms with Crippen LogP contribution in [0.3, 0.4) is 0 Å². The molecule has 0 fully saturated rings. The number of amides is 1. The number of alkyl halides is 3. The number of rotatable bonds is 4. The first-order valence-corrected chi connectivity index (χ1v) is 8.37. The summed E-state index contributed by atoms with van der Waals surface area (Å²) < 4.78 is 59.3. The van der Waals surface area contributed by atoms with E-state index < -0.39 is 34.7 Å². The normalized spacial score (nSPS) is 12.2. The number of hydrogen-bond donors (Lipinski definition) is 1. The SMILES string of the molecule is CC(C)(C)c1nc(CNC(=O)c2nnn(-c3ccc(F)cc3)c2C(F)(F)F)no1. The first-order chi connectivity index (χ1) is 13.5. The summed E-state index contributed by atoms with van der Waals surface area (Å²) >= 11 is 0. The average molecular weight is 412 g/mol. The van der Waals surface area contributed by atoms with Crippen LogP contribution in [0.15, 0.2) is 28.8 Å². The van der Waals surface area contributed by atoms with Crippen LogP contribution in [0.5, 0.6) is 0 Å². The predicted octanol–water partition coefficient (Wildman–Crippen LogP) is 3.04. The highest BCUT2D eigenvalue weighted by atomic mass is 19.4. The molecule has 8 nitrogen and oxygen atoms in total. The number of hydrogen-bond acceptors (Lipinski definition) is 6. The average Bonchev–Trinajstić information content (AvgIpc) is 3.27. The minimum absolute atomic E-state index is 0.0988. The monoisotopic (exact) mass is 412 g/mol. The Hall–Kier alpha value is -3.31. The van der Waals surface area contributed by atoms with Crippen LogP contribution in [0.1, 0.15) is 48.7 Å². The minimum Gasteiger partial charge on any atom is -0.343 e. The van der Waals surface area contributed by atoms with Crippen LogP contribution in [0.2, 0.25) is 0 Å². The number of aromatic nitrogens is 5. The van der Waals surface area contributed by atoms with Gasteiger partial charge in [-0.05, 0) is 24.3 Å². The number of halogens is 4. The number of nitrogens with one attached hydrogen (secondary N) is 1. The van der Waals surface area contributed by atoms with E-state index in [-0.39, 0.29) is 18.1 Å². The number of carbonyl (C=O) groups is 1. The highest BCUT2D eigenvalue weighted by Gasteiger charge is 2.42. The molecule has 3 aromatic rings. The molecule has 0 radical (unpaired) electrons. The van der Waals surface area contributed by atoms with Crippen LogP contribution in [-0.2, 0) is 18.1 Å². The lowest BCUT2D eigenvalue weighted by molar-refractivity contribution is -0.143. The maximum Gasteiger partial charge on any atom is 0.435 e. The van der Waals surface area contributed by atoms with E-state index in [2.05, 4.69) is 25.8 Å². The highest BCUT2D eigenvalue weighted by molar-refractivity contribution is 5.93. The van der Waals surface area contributed by atoms with Gasteiger partial charge in [-0.25, -0.2) is 9.07 Å². The topological polar surface area (TPSA) is 98.7 Å².